The summed E-state index contributed by atoms with van der Waals surface area (Å²) in [5.74, 6) is -0.831. The molecule has 110 valence electrons. The summed E-state index contributed by atoms with van der Waals surface area (Å²) < 4.78 is 41.2. The third-order valence-electron chi connectivity index (χ3n) is 3.35. The summed E-state index contributed by atoms with van der Waals surface area (Å²) in [6, 6.07) is 6.73. The Kier molecular flexibility index (Phi) is 4.17. The summed E-state index contributed by atoms with van der Waals surface area (Å²) in [6.07, 6.45) is 0.740. The van der Waals surface area contributed by atoms with Crippen LogP contribution in [0.4, 0.5) is 18.9 Å². The minimum Gasteiger partial charge on any atom is -0.375 e. The van der Waals surface area contributed by atoms with Gasteiger partial charge in [0.15, 0.2) is 0 Å². The van der Waals surface area contributed by atoms with Crippen molar-refractivity contribution in [2.24, 2.45) is 0 Å². The van der Waals surface area contributed by atoms with E-state index in [1.54, 1.807) is 6.07 Å². The number of thioether (sulfide) groups is 1. The molecule has 0 fully saturated rings. The standard InChI is InChI=1S/C15H11BrF3NS/c16-10-6-8(17)7-12(19)14(10)20-13-4-5-21-15-9(13)2-1-3-11(15)18/h1-3,6-7,13,20H,4-5H2. The quantitative estimate of drug-likeness (QED) is 0.744. The molecule has 1 N–H and O–H groups in total. The van der Waals surface area contributed by atoms with E-state index in [0.717, 1.165) is 23.8 Å². The Morgan fingerprint density at radius 2 is 1.95 bits per heavy atom. The van der Waals surface area contributed by atoms with Gasteiger partial charge in [-0.3, -0.25) is 0 Å². The molecular weight excluding hydrogens is 363 g/mol. The van der Waals surface area contributed by atoms with Crippen LogP contribution in [0, 0.1) is 17.5 Å². The maximum Gasteiger partial charge on any atom is 0.150 e. The van der Waals surface area contributed by atoms with Crippen molar-refractivity contribution in [3.63, 3.8) is 0 Å². The van der Waals surface area contributed by atoms with Gasteiger partial charge in [0, 0.05) is 21.2 Å². The zero-order valence-corrected chi connectivity index (χ0v) is 13.2. The molecule has 2 aromatic carbocycles. The first-order valence-electron chi connectivity index (χ1n) is 6.38. The largest absolute Gasteiger partial charge is 0.375 e. The predicted octanol–water partition coefficient (Wildman–Crippen LogP) is 5.52. The van der Waals surface area contributed by atoms with Gasteiger partial charge in [-0.25, -0.2) is 13.2 Å². The summed E-state index contributed by atoms with van der Waals surface area (Å²) in [5, 5.41) is 3.06. The van der Waals surface area contributed by atoms with E-state index in [0.29, 0.717) is 9.37 Å². The maximum absolute atomic E-state index is 13.9. The summed E-state index contributed by atoms with van der Waals surface area (Å²) in [6.45, 7) is 0. The average Bonchev–Trinajstić information content (AvgIpc) is 2.43. The van der Waals surface area contributed by atoms with E-state index >= 15 is 0 Å². The SMILES string of the molecule is Fc1cc(F)c(NC2CCSc3c(F)cccc32)c(Br)c1. The van der Waals surface area contributed by atoms with E-state index in [9.17, 15) is 13.2 Å². The molecule has 6 heteroatoms. The molecule has 1 heterocycles. The molecule has 0 amide bonds. The van der Waals surface area contributed by atoms with Crippen LogP contribution in [-0.4, -0.2) is 5.75 Å². The Bertz CT molecular complexity index is 670. The molecule has 0 bridgehead atoms. The fraction of sp³-hybridized carbons (Fsp3) is 0.200. The lowest BCUT2D eigenvalue weighted by Crippen LogP contribution is -2.18. The van der Waals surface area contributed by atoms with E-state index in [2.05, 4.69) is 21.2 Å². The van der Waals surface area contributed by atoms with Crippen molar-refractivity contribution in [2.75, 3.05) is 11.1 Å². The highest BCUT2D eigenvalue weighted by Crippen LogP contribution is 2.40. The molecule has 1 unspecified atom stereocenters. The van der Waals surface area contributed by atoms with Gasteiger partial charge in [-0.1, -0.05) is 12.1 Å². The van der Waals surface area contributed by atoms with Crippen LogP contribution in [0.5, 0.6) is 0 Å². The van der Waals surface area contributed by atoms with Crippen LogP contribution < -0.4 is 5.32 Å². The van der Waals surface area contributed by atoms with Gasteiger partial charge < -0.3 is 5.32 Å². The van der Waals surface area contributed by atoms with E-state index in [-0.39, 0.29) is 17.5 Å². The zero-order chi connectivity index (χ0) is 15.0. The molecule has 0 saturated carbocycles. The van der Waals surface area contributed by atoms with Gasteiger partial charge in [0.25, 0.3) is 0 Å². The fourth-order valence-electron chi connectivity index (χ4n) is 2.39. The summed E-state index contributed by atoms with van der Waals surface area (Å²) >= 11 is 4.62. The predicted molar refractivity (Wildman–Crippen MR) is 82.2 cm³/mol. The normalized spacial score (nSPS) is 17.4. The average molecular weight is 374 g/mol. The topological polar surface area (TPSA) is 12.0 Å². The summed E-state index contributed by atoms with van der Waals surface area (Å²) in [7, 11) is 0. The minimum absolute atomic E-state index is 0.198. The van der Waals surface area contributed by atoms with E-state index in [4.69, 9.17) is 0 Å². The molecular formula is C15H11BrF3NS. The molecule has 1 aliphatic heterocycles. The van der Waals surface area contributed by atoms with Crippen LogP contribution >= 0.6 is 27.7 Å². The van der Waals surface area contributed by atoms with Crippen molar-refractivity contribution in [2.45, 2.75) is 17.4 Å². The highest BCUT2D eigenvalue weighted by atomic mass is 79.9. The highest BCUT2D eigenvalue weighted by molar-refractivity contribution is 9.10. The van der Waals surface area contributed by atoms with E-state index in [1.165, 1.54) is 23.9 Å². The maximum atomic E-state index is 13.9. The van der Waals surface area contributed by atoms with Gasteiger partial charge in [0.1, 0.15) is 17.5 Å². The zero-order valence-electron chi connectivity index (χ0n) is 10.8. The molecule has 0 saturated heterocycles. The van der Waals surface area contributed by atoms with Crippen LogP contribution in [0.25, 0.3) is 0 Å². The first-order chi connectivity index (χ1) is 10.1. The number of rotatable bonds is 2. The van der Waals surface area contributed by atoms with Crippen LogP contribution in [0.3, 0.4) is 0 Å². The number of benzene rings is 2. The number of fused-ring (bicyclic) bond motifs is 1. The first-order valence-corrected chi connectivity index (χ1v) is 8.16. The molecule has 0 aromatic heterocycles. The molecule has 1 aliphatic rings. The van der Waals surface area contributed by atoms with Crippen molar-refractivity contribution in [3.05, 3.63) is 57.8 Å². The molecule has 2 aromatic rings. The van der Waals surface area contributed by atoms with Crippen LogP contribution in [0.15, 0.2) is 39.7 Å². The third kappa shape index (κ3) is 2.92. The van der Waals surface area contributed by atoms with Gasteiger partial charge in [-0.2, -0.15) is 0 Å². The highest BCUT2D eigenvalue weighted by Gasteiger charge is 2.24. The monoisotopic (exact) mass is 373 g/mol. The first kappa shape index (κ1) is 14.8. The Morgan fingerprint density at radius 3 is 2.71 bits per heavy atom. The van der Waals surface area contributed by atoms with Gasteiger partial charge in [-0.15, -0.1) is 11.8 Å². The Labute approximate surface area is 133 Å². The molecule has 1 atom stereocenters. The molecule has 3 rings (SSSR count). The van der Waals surface area contributed by atoms with Gasteiger partial charge >= 0.3 is 0 Å². The lowest BCUT2D eigenvalue weighted by molar-refractivity contribution is 0.575. The second-order valence-electron chi connectivity index (χ2n) is 4.74. The molecule has 21 heavy (non-hydrogen) atoms. The second kappa shape index (κ2) is 5.93. The Hall–Kier alpha value is -1.14. The number of hydrogen-bond acceptors (Lipinski definition) is 2. The third-order valence-corrected chi connectivity index (χ3v) is 5.14. The lowest BCUT2D eigenvalue weighted by atomic mass is 10.0. The van der Waals surface area contributed by atoms with Crippen molar-refractivity contribution >= 4 is 33.4 Å². The summed E-state index contributed by atoms with van der Waals surface area (Å²) in [4.78, 5) is 0.597. The second-order valence-corrected chi connectivity index (χ2v) is 6.70. The lowest BCUT2D eigenvalue weighted by Gasteiger charge is -2.27. The van der Waals surface area contributed by atoms with Crippen molar-refractivity contribution in [1.29, 1.82) is 0 Å². The Balaban J connectivity index is 1.96. The summed E-state index contributed by atoms with van der Waals surface area (Å²) in [5.41, 5.74) is 1.00. The molecule has 0 aliphatic carbocycles. The molecule has 0 radical (unpaired) electrons. The number of hydrogen-bond donors (Lipinski definition) is 1. The van der Waals surface area contributed by atoms with Crippen molar-refractivity contribution in [3.8, 4) is 0 Å². The van der Waals surface area contributed by atoms with Gasteiger partial charge in [0.2, 0.25) is 0 Å². The van der Waals surface area contributed by atoms with Crippen molar-refractivity contribution < 1.29 is 13.2 Å². The van der Waals surface area contributed by atoms with Gasteiger partial charge in [-0.05, 0) is 40.0 Å². The molecule has 1 nitrogen and oxygen atoms in total. The van der Waals surface area contributed by atoms with E-state index < -0.39 is 11.6 Å². The fourth-order valence-corrected chi connectivity index (χ4v) is 4.05. The van der Waals surface area contributed by atoms with Crippen molar-refractivity contribution in [1.82, 2.24) is 0 Å². The van der Waals surface area contributed by atoms with Crippen LogP contribution in [-0.2, 0) is 0 Å². The Morgan fingerprint density at radius 1 is 1.14 bits per heavy atom. The number of nitrogens with one attached hydrogen (secondary N) is 1. The molecule has 0 spiro atoms. The van der Waals surface area contributed by atoms with Crippen LogP contribution in [0.2, 0.25) is 0 Å². The van der Waals surface area contributed by atoms with Crippen LogP contribution in [0.1, 0.15) is 18.0 Å². The number of anilines is 1. The smallest absolute Gasteiger partial charge is 0.150 e. The van der Waals surface area contributed by atoms with Gasteiger partial charge in [0.05, 0.1) is 11.7 Å². The van der Waals surface area contributed by atoms with E-state index in [1.807, 2.05) is 6.07 Å². The minimum atomic E-state index is -0.668. The number of halogens is 4.